The molecule has 0 bridgehead atoms. The summed E-state index contributed by atoms with van der Waals surface area (Å²) in [5.41, 5.74) is 0. The molecule has 0 saturated carbocycles. The lowest BCUT2D eigenvalue weighted by molar-refractivity contribution is 0.336. The van der Waals surface area contributed by atoms with Crippen molar-refractivity contribution in [2.45, 2.75) is 44.9 Å². The normalized spacial score (nSPS) is 12.6. The lowest BCUT2D eigenvalue weighted by Crippen LogP contribution is -2.38. The van der Waals surface area contributed by atoms with E-state index in [2.05, 4.69) is 33.9 Å². The molecule has 17 heavy (non-hydrogen) atoms. The Balaban J connectivity index is 2.48. The van der Waals surface area contributed by atoms with Crippen LogP contribution in [0.1, 0.15) is 20.8 Å². The molecule has 0 aliphatic rings. The molecule has 0 amide bonds. The Morgan fingerprint density at radius 2 is 1.88 bits per heavy atom. The van der Waals surface area contributed by atoms with Crippen molar-refractivity contribution in [2.24, 2.45) is 0 Å². The summed E-state index contributed by atoms with van der Waals surface area (Å²) >= 11 is 5.91. The molecule has 0 aromatic heterocycles. The third-order valence-electron chi connectivity index (χ3n) is 3.82. The van der Waals surface area contributed by atoms with E-state index in [9.17, 15) is 0 Å². The zero-order chi connectivity index (χ0) is 13.1. The van der Waals surface area contributed by atoms with Crippen molar-refractivity contribution in [2.75, 3.05) is 6.61 Å². The van der Waals surface area contributed by atoms with Crippen LogP contribution in [-0.2, 0) is 0 Å². The number of rotatable bonds is 4. The van der Waals surface area contributed by atoms with E-state index in [4.69, 9.17) is 16.3 Å². The van der Waals surface area contributed by atoms with Gasteiger partial charge in [0.05, 0.1) is 14.7 Å². The van der Waals surface area contributed by atoms with E-state index in [1.165, 1.54) is 6.04 Å². The molecule has 96 valence electrons. The first kappa shape index (κ1) is 14.6. The summed E-state index contributed by atoms with van der Waals surface area (Å²) in [7, 11) is -1.23. The third kappa shape index (κ3) is 4.36. The molecule has 0 fully saturated rings. The van der Waals surface area contributed by atoms with Crippen LogP contribution in [0.25, 0.3) is 0 Å². The lowest BCUT2D eigenvalue weighted by Gasteiger charge is -2.36. The third-order valence-corrected chi connectivity index (χ3v) is 9.57. The zero-order valence-corrected chi connectivity index (χ0v) is 13.3. The Morgan fingerprint density at radius 3 is 2.41 bits per heavy atom. The number of halogens is 1. The second kappa shape index (κ2) is 5.45. The van der Waals surface area contributed by atoms with Crippen LogP contribution >= 0.6 is 11.6 Å². The van der Waals surface area contributed by atoms with E-state index in [0.717, 1.165) is 17.4 Å². The molecule has 0 saturated heterocycles. The van der Waals surface area contributed by atoms with E-state index < -0.39 is 8.07 Å². The van der Waals surface area contributed by atoms with Crippen LogP contribution in [0.4, 0.5) is 0 Å². The predicted molar refractivity (Wildman–Crippen MR) is 79.0 cm³/mol. The summed E-state index contributed by atoms with van der Waals surface area (Å²) in [4.78, 5) is 0. The topological polar surface area (TPSA) is 9.23 Å². The van der Waals surface area contributed by atoms with Gasteiger partial charge in [0.25, 0.3) is 0 Å². The molecule has 3 heteroatoms. The van der Waals surface area contributed by atoms with E-state index in [-0.39, 0.29) is 0 Å². The van der Waals surface area contributed by atoms with Gasteiger partial charge in [-0.05, 0) is 29.3 Å². The first-order valence-electron chi connectivity index (χ1n) is 6.11. The van der Waals surface area contributed by atoms with Gasteiger partial charge in [-0.25, -0.2) is 0 Å². The molecular weight excluding hydrogens is 248 g/mol. The Labute approximate surface area is 111 Å². The maximum absolute atomic E-state index is 5.91. The van der Waals surface area contributed by atoms with Gasteiger partial charge in [0.1, 0.15) is 5.75 Å². The molecule has 0 unspecified atom stereocenters. The molecule has 0 N–H and O–H groups in total. The number of hydrogen-bond acceptors (Lipinski definition) is 1. The van der Waals surface area contributed by atoms with Crippen molar-refractivity contribution in [3.05, 3.63) is 29.3 Å². The predicted octanol–water partition coefficient (Wildman–Crippen LogP) is 5.23. The molecular formula is C14H23ClOSi. The average Bonchev–Trinajstić information content (AvgIpc) is 2.15. The summed E-state index contributed by atoms with van der Waals surface area (Å²) in [6, 6.07) is 8.78. The van der Waals surface area contributed by atoms with Crippen LogP contribution in [0.15, 0.2) is 24.3 Å². The molecule has 1 aromatic carbocycles. The van der Waals surface area contributed by atoms with E-state index >= 15 is 0 Å². The molecule has 0 aliphatic carbocycles. The molecule has 1 nitrogen and oxygen atoms in total. The number of benzene rings is 1. The van der Waals surface area contributed by atoms with Crippen molar-refractivity contribution >= 4 is 19.7 Å². The lowest BCUT2D eigenvalue weighted by atomic mass is 10.2. The Bertz CT molecular complexity index is 369. The first-order chi connectivity index (χ1) is 7.72. The summed E-state index contributed by atoms with van der Waals surface area (Å²) < 4.78 is 5.77. The highest BCUT2D eigenvalue weighted by Gasteiger charge is 2.34. The molecule has 0 radical (unpaired) electrons. The van der Waals surface area contributed by atoms with Gasteiger partial charge in [-0.15, -0.1) is 0 Å². The summed E-state index contributed by atoms with van der Waals surface area (Å²) in [6.45, 7) is 12.6. The van der Waals surface area contributed by atoms with Crippen LogP contribution < -0.4 is 4.74 Å². The summed E-state index contributed by atoms with van der Waals surface area (Å²) in [5, 5.41) is 1.15. The highest BCUT2D eigenvalue weighted by atomic mass is 35.5. The van der Waals surface area contributed by atoms with E-state index in [1.54, 1.807) is 0 Å². The Kier molecular flexibility index (Phi) is 4.67. The van der Waals surface area contributed by atoms with Crippen molar-refractivity contribution in [3.8, 4) is 5.75 Å². The minimum Gasteiger partial charge on any atom is -0.494 e. The average molecular weight is 271 g/mol. The smallest absolute Gasteiger partial charge is 0.120 e. The fourth-order valence-corrected chi connectivity index (χ4v) is 2.90. The van der Waals surface area contributed by atoms with Gasteiger partial charge in [0, 0.05) is 5.02 Å². The van der Waals surface area contributed by atoms with Gasteiger partial charge in [0.15, 0.2) is 0 Å². The molecule has 0 atom stereocenters. The van der Waals surface area contributed by atoms with Crippen LogP contribution in [0, 0.1) is 0 Å². The minimum absolute atomic E-state index is 0.421. The van der Waals surface area contributed by atoms with Crippen LogP contribution in [-0.4, -0.2) is 14.7 Å². The second-order valence-electron chi connectivity index (χ2n) is 6.19. The maximum Gasteiger partial charge on any atom is 0.120 e. The van der Waals surface area contributed by atoms with E-state index in [1.807, 2.05) is 24.3 Å². The van der Waals surface area contributed by atoms with Crippen LogP contribution in [0.2, 0.25) is 29.2 Å². The molecule has 1 rings (SSSR count). The van der Waals surface area contributed by atoms with Crippen molar-refractivity contribution in [1.82, 2.24) is 0 Å². The van der Waals surface area contributed by atoms with Crippen LogP contribution in [0.3, 0.4) is 0 Å². The van der Waals surface area contributed by atoms with Crippen molar-refractivity contribution in [1.29, 1.82) is 0 Å². The van der Waals surface area contributed by atoms with Gasteiger partial charge in [-0.1, -0.05) is 51.5 Å². The minimum atomic E-state index is -1.23. The molecule has 0 spiro atoms. The summed E-state index contributed by atoms with van der Waals surface area (Å²) in [6.07, 6.45) is 0. The Hall–Kier alpha value is -0.473. The van der Waals surface area contributed by atoms with Gasteiger partial charge in [-0.3, -0.25) is 0 Å². The molecule has 0 aliphatic heterocycles. The Morgan fingerprint density at radius 1 is 1.24 bits per heavy atom. The van der Waals surface area contributed by atoms with Crippen molar-refractivity contribution < 1.29 is 4.74 Å². The summed E-state index contributed by atoms with van der Waals surface area (Å²) in [5.74, 6) is 0.871. The van der Waals surface area contributed by atoms with Crippen molar-refractivity contribution in [3.63, 3.8) is 0 Å². The highest BCUT2D eigenvalue weighted by molar-refractivity contribution is 6.80. The largest absolute Gasteiger partial charge is 0.494 e. The molecule has 1 aromatic rings. The van der Waals surface area contributed by atoms with Gasteiger partial charge in [0.2, 0.25) is 0 Å². The van der Waals surface area contributed by atoms with E-state index in [0.29, 0.717) is 5.04 Å². The zero-order valence-electron chi connectivity index (χ0n) is 11.5. The number of hydrogen-bond donors (Lipinski definition) is 0. The van der Waals surface area contributed by atoms with Gasteiger partial charge >= 0.3 is 0 Å². The first-order valence-corrected chi connectivity index (χ1v) is 9.69. The van der Waals surface area contributed by atoms with Gasteiger partial charge in [-0.2, -0.15) is 0 Å². The van der Waals surface area contributed by atoms with Crippen LogP contribution in [0.5, 0.6) is 5.75 Å². The number of ether oxygens (including phenoxy) is 1. The SMILES string of the molecule is CC(C)(C)[Si](C)(C)CCOc1cccc(Cl)c1. The molecule has 0 heterocycles. The fraction of sp³-hybridized carbons (Fsp3) is 0.571. The quantitative estimate of drug-likeness (QED) is 0.681. The van der Waals surface area contributed by atoms with Gasteiger partial charge < -0.3 is 4.74 Å². The fourth-order valence-electron chi connectivity index (χ4n) is 1.36. The second-order valence-corrected chi connectivity index (χ2v) is 12.4. The monoisotopic (exact) mass is 270 g/mol. The standard InChI is InChI=1S/C14H23ClOSi/c1-14(2,3)17(4,5)10-9-16-13-8-6-7-12(15)11-13/h6-8,11H,9-10H2,1-5H3. The highest BCUT2D eigenvalue weighted by Crippen LogP contribution is 2.38. The maximum atomic E-state index is 5.91.